The Morgan fingerprint density at radius 2 is 1.72 bits per heavy atom. The van der Waals surface area contributed by atoms with E-state index in [0.717, 1.165) is 24.8 Å². The van der Waals surface area contributed by atoms with Crippen LogP contribution in [-0.4, -0.2) is 39.3 Å². The van der Waals surface area contributed by atoms with Gasteiger partial charge in [0.25, 0.3) is 0 Å². The van der Waals surface area contributed by atoms with Crippen molar-refractivity contribution in [2.24, 2.45) is 0 Å². The zero-order valence-electron chi connectivity index (χ0n) is 17.3. The minimum atomic E-state index is -3.75. The van der Waals surface area contributed by atoms with Gasteiger partial charge in [0.2, 0.25) is 15.9 Å². The minimum absolute atomic E-state index is 0.0427. The van der Waals surface area contributed by atoms with Gasteiger partial charge in [-0.05, 0) is 36.2 Å². The van der Waals surface area contributed by atoms with E-state index in [2.05, 4.69) is 12.2 Å². The number of rotatable bonds is 11. The number of hydrogen-bond acceptors (Lipinski definition) is 4. The van der Waals surface area contributed by atoms with Gasteiger partial charge in [0.15, 0.2) is 0 Å². The van der Waals surface area contributed by atoms with E-state index >= 15 is 0 Å². The van der Waals surface area contributed by atoms with Gasteiger partial charge in [-0.1, -0.05) is 50.1 Å². The zero-order valence-corrected chi connectivity index (χ0v) is 18.1. The topological polar surface area (TPSA) is 75.7 Å². The Labute approximate surface area is 173 Å². The highest BCUT2D eigenvalue weighted by molar-refractivity contribution is 7.89. The fraction of sp³-hybridized carbons (Fsp3) is 0.409. The summed E-state index contributed by atoms with van der Waals surface area (Å²) in [5, 5.41) is 2.90. The number of methoxy groups -OCH3 is 1. The van der Waals surface area contributed by atoms with Gasteiger partial charge in [-0.3, -0.25) is 4.79 Å². The van der Waals surface area contributed by atoms with Crippen molar-refractivity contribution in [1.82, 2.24) is 9.62 Å². The van der Waals surface area contributed by atoms with Crippen LogP contribution in [0.15, 0.2) is 59.5 Å². The number of nitrogens with zero attached hydrogens (tertiary/aromatic N) is 1. The maximum atomic E-state index is 13.1. The van der Waals surface area contributed by atoms with Crippen LogP contribution in [0, 0.1) is 0 Å². The number of amides is 1. The van der Waals surface area contributed by atoms with Crippen molar-refractivity contribution in [3.05, 3.63) is 60.2 Å². The van der Waals surface area contributed by atoms with E-state index in [0.29, 0.717) is 12.3 Å². The molecule has 0 heterocycles. The summed E-state index contributed by atoms with van der Waals surface area (Å²) in [5.74, 6) is 0.502. The van der Waals surface area contributed by atoms with Crippen molar-refractivity contribution in [3.63, 3.8) is 0 Å². The van der Waals surface area contributed by atoms with Gasteiger partial charge in [0, 0.05) is 20.0 Å². The van der Waals surface area contributed by atoms with Gasteiger partial charge in [0.1, 0.15) is 5.75 Å². The molecule has 0 saturated carbocycles. The summed E-state index contributed by atoms with van der Waals surface area (Å²) in [7, 11) is -0.668. The first kappa shape index (κ1) is 22.9. The number of carbonyl (C=O) groups excluding carboxylic acids is 1. The van der Waals surface area contributed by atoms with Crippen molar-refractivity contribution >= 4 is 15.9 Å². The number of hydrogen-bond donors (Lipinski definition) is 1. The molecule has 1 atom stereocenters. The average Bonchev–Trinajstić information content (AvgIpc) is 2.75. The zero-order chi connectivity index (χ0) is 21.3. The predicted molar refractivity (Wildman–Crippen MR) is 114 cm³/mol. The Balaban J connectivity index is 2.27. The third kappa shape index (κ3) is 6.30. The van der Waals surface area contributed by atoms with E-state index in [1.54, 1.807) is 61.7 Å². The van der Waals surface area contributed by atoms with Crippen LogP contribution in [0.4, 0.5) is 0 Å². The highest BCUT2D eigenvalue weighted by Gasteiger charge is 2.30. The molecule has 0 aliphatic rings. The second kappa shape index (κ2) is 11.0. The molecule has 0 unspecified atom stereocenters. The van der Waals surface area contributed by atoms with Gasteiger partial charge < -0.3 is 10.1 Å². The molecule has 2 aromatic carbocycles. The number of benzene rings is 2. The molecule has 0 radical (unpaired) electrons. The van der Waals surface area contributed by atoms with Crippen molar-refractivity contribution < 1.29 is 17.9 Å². The molecule has 2 rings (SSSR count). The first-order chi connectivity index (χ1) is 13.9. The maximum Gasteiger partial charge on any atom is 0.243 e. The molecule has 1 N–H and O–H groups in total. The van der Waals surface area contributed by atoms with Crippen LogP contribution in [-0.2, 0) is 14.8 Å². The standard InChI is InChI=1S/C22H30N2O4S/c1-4-5-9-16-23-22(25)17-21(18-12-14-19(28-3)15-13-18)24(2)29(26,27)20-10-7-6-8-11-20/h6-8,10-15,21H,4-5,9,16-17H2,1-3H3,(H,23,25)/t21-/m0/s1. The molecule has 1 amide bonds. The molecule has 7 heteroatoms. The molecule has 0 bridgehead atoms. The molecule has 0 aliphatic carbocycles. The van der Waals surface area contributed by atoms with Crippen molar-refractivity contribution in [2.45, 2.75) is 43.5 Å². The van der Waals surface area contributed by atoms with Gasteiger partial charge in [0.05, 0.1) is 18.0 Å². The molecule has 158 valence electrons. The summed E-state index contributed by atoms with van der Waals surface area (Å²) in [5.41, 5.74) is 0.733. The highest BCUT2D eigenvalue weighted by atomic mass is 32.2. The summed E-state index contributed by atoms with van der Waals surface area (Å²) in [6.45, 7) is 2.70. The smallest absolute Gasteiger partial charge is 0.243 e. The Morgan fingerprint density at radius 3 is 2.31 bits per heavy atom. The summed E-state index contributed by atoms with van der Waals surface area (Å²) in [6.07, 6.45) is 3.07. The lowest BCUT2D eigenvalue weighted by molar-refractivity contribution is -0.121. The lowest BCUT2D eigenvalue weighted by atomic mass is 10.0. The minimum Gasteiger partial charge on any atom is -0.497 e. The molecule has 0 aromatic heterocycles. The Kier molecular flexibility index (Phi) is 8.67. The molecule has 0 aliphatic heterocycles. The monoisotopic (exact) mass is 418 g/mol. The average molecular weight is 419 g/mol. The summed E-state index contributed by atoms with van der Waals surface area (Å²) >= 11 is 0. The molecule has 0 saturated heterocycles. The van der Waals surface area contributed by atoms with Gasteiger partial charge in [-0.15, -0.1) is 0 Å². The van der Waals surface area contributed by atoms with Crippen molar-refractivity contribution in [2.75, 3.05) is 20.7 Å². The summed E-state index contributed by atoms with van der Waals surface area (Å²) in [6, 6.07) is 14.8. The van der Waals surface area contributed by atoms with E-state index in [1.165, 1.54) is 11.4 Å². The first-order valence-electron chi connectivity index (χ1n) is 9.84. The SMILES string of the molecule is CCCCCNC(=O)C[C@@H](c1ccc(OC)cc1)N(C)S(=O)(=O)c1ccccc1. The van der Waals surface area contributed by atoms with E-state index in [9.17, 15) is 13.2 Å². The molecular weight excluding hydrogens is 388 g/mol. The van der Waals surface area contributed by atoms with E-state index in [4.69, 9.17) is 4.74 Å². The van der Waals surface area contributed by atoms with Crippen LogP contribution in [0.3, 0.4) is 0 Å². The first-order valence-corrected chi connectivity index (χ1v) is 11.3. The second-order valence-corrected chi connectivity index (χ2v) is 8.88. The van der Waals surface area contributed by atoms with Gasteiger partial charge in [-0.25, -0.2) is 8.42 Å². The van der Waals surface area contributed by atoms with Crippen LogP contribution >= 0.6 is 0 Å². The predicted octanol–water partition coefficient (Wildman–Crippen LogP) is 3.75. The molecule has 6 nitrogen and oxygen atoms in total. The highest BCUT2D eigenvalue weighted by Crippen LogP contribution is 2.30. The molecule has 29 heavy (non-hydrogen) atoms. The molecular formula is C22H30N2O4S. The summed E-state index contributed by atoms with van der Waals surface area (Å²) < 4.78 is 32.7. The second-order valence-electron chi connectivity index (χ2n) is 6.88. The van der Waals surface area contributed by atoms with Gasteiger partial charge >= 0.3 is 0 Å². The molecule has 0 fully saturated rings. The lowest BCUT2D eigenvalue weighted by Crippen LogP contribution is -2.35. The number of ether oxygens (including phenoxy) is 1. The van der Waals surface area contributed by atoms with Crippen LogP contribution in [0.25, 0.3) is 0 Å². The Hall–Kier alpha value is -2.38. The lowest BCUT2D eigenvalue weighted by Gasteiger charge is -2.28. The normalized spacial score (nSPS) is 12.6. The van der Waals surface area contributed by atoms with Crippen LogP contribution in [0.1, 0.15) is 44.2 Å². The number of nitrogens with one attached hydrogen (secondary N) is 1. The Morgan fingerprint density at radius 1 is 1.07 bits per heavy atom. The van der Waals surface area contributed by atoms with Crippen LogP contribution in [0.5, 0.6) is 5.75 Å². The van der Waals surface area contributed by atoms with Crippen LogP contribution < -0.4 is 10.1 Å². The van der Waals surface area contributed by atoms with Crippen molar-refractivity contribution in [1.29, 1.82) is 0 Å². The third-order valence-corrected chi connectivity index (χ3v) is 6.72. The fourth-order valence-corrected chi connectivity index (χ4v) is 4.42. The van der Waals surface area contributed by atoms with E-state index in [-0.39, 0.29) is 17.2 Å². The Bertz CT molecular complexity index is 867. The van der Waals surface area contributed by atoms with Gasteiger partial charge in [-0.2, -0.15) is 4.31 Å². The summed E-state index contributed by atoms with van der Waals surface area (Å²) in [4.78, 5) is 12.7. The van der Waals surface area contributed by atoms with Crippen LogP contribution in [0.2, 0.25) is 0 Å². The number of sulfonamides is 1. The maximum absolute atomic E-state index is 13.1. The molecule has 2 aromatic rings. The van der Waals surface area contributed by atoms with Crippen molar-refractivity contribution in [3.8, 4) is 5.75 Å². The van der Waals surface area contributed by atoms with E-state index in [1.807, 2.05) is 0 Å². The number of carbonyl (C=O) groups is 1. The largest absolute Gasteiger partial charge is 0.497 e. The van der Waals surface area contributed by atoms with E-state index < -0.39 is 16.1 Å². The number of unbranched alkanes of at least 4 members (excludes halogenated alkanes) is 2. The molecule has 0 spiro atoms. The quantitative estimate of drug-likeness (QED) is 0.564. The fourth-order valence-electron chi connectivity index (χ4n) is 3.06. The third-order valence-electron chi connectivity index (χ3n) is 4.84.